The number of benzene rings is 2. The molecule has 28 heavy (non-hydrogen) atoms. The Morgan fingerprint density at radius 3 is 2.50 bits per heavy atom. The minimum Gasteiger partial charge on any atom is -0.497 e. The maximum absolute atomic E-state index is 15.4. The maximum atomic E-state index is 15.4. The van der Waals surface area contributed by atoms with Gasteiger partial charge in [-0.2, -0.15) is 13.9 Å². The number of nitrogens with zero attached hydrogens (tertiary/aromatic N) is 3. The number of aryl methyl sites for hydroxylation is 1. The number of anilines is 2. The molecule has 0 spiro atoms. The number of fused-ring (bicyclic) bond motifs is 1. The van der Waals surface area contributed by atoms with Crippen LogP contribution < -0.4 is 9.64 Å². The Morgan fingerprint density at radius 2 is 1.86 bits per heavy atom. The van der Waals surface area contributed by atoms with E-state index < -0.39 is 17.9 Å². The van der Waals surface area contributed by atoms with E-state index in [2.05, 4.69) is 15.2 Å². The summed E-state index contributed by atoms with van der Waals surface area (Å²) in [4.78, 5) is 5.49. The van der Waals surface area contributed by atoms with Crippen molar-refractivity contribution < 1.29 is 17.9 Å². The summed E-state index contributed by atoms with van der Waals surface area (Å²) in [5.74, 6) is -3.16. The van der Waals surface area contributed by atoms with Gasteiger partial charge in [-0.05, 0) is 43.3 Å². The van der Waals surface area contributed by atoms with Crippen molar-refractivity contribution >= 4 is 17.7 Å². The highest BCUT2D eigenvalue weighted by Gasteiger charge is 2.47. The first-order chi connectivity index (χ1) is 13.4. The third-order valence-corrected chi connectivity index (χ3v) is 4.59. The van der Waals surface area contributed by atoms with Gasteiger partial charge in [0.25, 0.3) is 0 Å². The first kappa shape index (κ1) is 18.1. The zero-order chi connectivity index (χ0) is 19.9. The molecule has 1 N–H and O–H groups in total. The number of aliphatic imine (C=N–C) groups is 1. The van der Waals surface area contributed by atoms with Crippen molar-refractivity contribution in [3.8, 4) is 5.75 Å². The Balaban J connectivity index is 1.87. The third-order valence-electron chi connectivity index (χ3n) is 4.59. The molecule has 3 aromatic rings. The Bertz CT molecular complexity index is 1030. The normalized spacial score (nSPS) is 16.2. The number of rotatable bonds is 4. The van der Waals surface area contributed by atoms with Gasteiger partial charge in [-0.1, -0.05) is 0 Å². The largest absolute Gasteiger partial charge is 0.497 e. The van der Waals surface area contributed by atoms with Crippen LogP contribution >= 0.6 is 0 Å². The van der Waals surface area contributed by atoms with E-state index in [-0.39, 0.29) is 5.56 Å². The molecule has 0 saturated carbocycles. The second-order valence-corrected chi connectivity index (χ2v) is 6.49. The predicted molar refractivity (Wildman–Crippen MR) is 100 cm³/mol. The highest BCUT2D eigenvalue weighted by atomic mass is 19.3. The van der Waals surface area contributed by atoms with E-state index in [0.717, 1.165) is 30.0 Å². The Kier molecular flexibility index (Phi) is 4.33. The molecular weight excluding hydrogens is 369 g/mol. The first-order valence-corrected chi connectivity index (χ1v) is 8.56. The average molecular weight is 386 g/mol. The summed E-state index contributed by atoms with van der Waals surface area (Å²) in [5.41, 5.74) is 1.54. The monoisotopic (exact) mass is 386 g/mol. The van der Waals surface area contributed by atoms with E-state index in [4.69, 9.17) is 4.74 Å². The molecule has 1 aliphatic rings. The summed E-state index contributed by atoms with van der Waals surface area (Å²) in [6, 6.07) is 11.0. The summed E-state index contributed by atoms with van der Waals surface area (Å²) in [6.07, 6.45) is -0.187. The van der Waals surface area contributed by atoms with Crippen LogP contribution in [-0.4, -0.2) is 29.7 Å². The van der Waals surface area contributed by atoms with Crippen molar-refractivity contribution in [3.63, 3.8) is 0 Å². The molecule has 2 aromatic carbocycles. The molecule has 0 radical (unpaired) electrons. The Morgan fingerprint density at radius 1 is 1.11 bits per heavy atom. The van der Waals surface area contributed by atoms with Crippen molar-refractivity contribution in [2.75, 3.05) is 12.0 Å². The lowest BCUT2D eigenvalue weighted by atomic mass is 10.0. The molecule has 1 aromatic heterocycles. The minimum atomic E-state index is -3.40. The lowest BCUT2D eigenvalue weighted by Crippen LogP contribution is -2.45. The van der Waals surface area contributed by atoms with Crippen molar-refractivity contribution in [3.05, 3.63) is 71.2 Å². The summed E-state index contributed by atoms with van der Waals surface area (Å²) in [7, 11) is 1.51. The van der Waals surface area contributed by atoms with Gasteiger partial charge in [-0.15, -0.1) is 0 Å². The number of ether oxygens (including phenoxy) is 1. The number of alkyl halides is 2. The second-order valence-electron chi connectivity index (χ2n) is 6.49. The summed E-state index contributed by atoms with van der Waals surface area (Å²) >= 11 is 0. The van der Waals surface area contributed by atoms with Crippen molar-refractivity contribution in [2.24, 2.45) is 4.99 Å². The molecule has 0 aliphatic carbocycles. The fraction of sp³-hybridized carbons (Fsp3) is 0.200. The lowest BCUT2D eigenvalue weighted by Gasteiger charge is -2.37. The van der Waals surface area contributed by atoms with Crippen LogP contribution in [0, 0.1) is 12.7 Å². The van der Waals surface area contributed by atoms with Gasteiger partial charge in [0.05, 0.1) is 12.8 Å². The molecule has 5 nitrogen and oxygen atoms in total. The van der Waals surface area contributed by atoms with Crippen molar-refractivity contribution in [2.45, 2.75) is 19.0 Å². The van der Waals surface area contributed by atoms with E-state index in [9.17, 15) is 4.39 Å². The number of halogens is 3. The fourth-order valence-corrected chi connectivity index (χ4v) is 3.17. The standard InChI is InChI=1S/C20H17F3N4O/c1-12-9-18(26-25-12)27-17-10-16(28-2)8-3-13(17)11-24-19(27)20(22,23)14-4-6-15(21)7-5-14/h3-11,19H,1-2H3,(H,25,26). The van der Waals surface area contributed by atoms with Gasteiger partial charge in [0.2, 0.25) is 0 Å². The molecule has 4 rings (SSSR count). The van der Waals surface area contributed by atoms with E-state index in [1.807, 2.05) is 0 Å². The molecule has 144 valence electrons. The van der Waals surface area contributed by atoms with E-state index in [0.29, 0.717) is 22.8 Å². The topological polar surface area (TPSA) is 53.5 Å². The highest BCUT2D eigenvalue weighted by molar-refractivity contribution is 5.92. The average Bonchev–Trinajstić information content (AvgIpc) is 3.12. The number of hydrogen-bond acceptors (Lipinski definition) is 4. The third kappa shape index (κ3) is 3.00. The van der Waals surface area contributed by atoms with Crippen LogP contribution in [0.1, 0.15) is 16.8 Å². The molecule has 0 saturated heterocycles. The molecule has 1 aliphatic heterocycles. The van der Waals surface area contributed by atoms with Crippen molar-refractivity contribution in [1.82, 2.24) is 10.2 Å². The van der Waals surface area contributed by atoms with Gasteiger partial charge >= 0.3 is 5.92 Å². The molecule has 1 unspecified atom stereocenters. The molecule has 0 amide bonds. The molecule has 2 heterocycles. The quantitative estimate of drug-likeness (QED) is 0.716. The van der Waals surface area contributed by atoms with Gasteiger partial charge in [-0.3, -0.25) is 15.0 Å². The smallest absolute Gasteiger partial charge is 0.313 e. The minimum absolute atomic E-state index is 0.302. The van der Waals surface area contributed by atoms with Crippen LogP contribution in [0.5, 0.6) is 5.75 Å². The number of hydrogen-bond donors (Lipinski definition) is 1. The summed E-state index contributed by atoms with van der Waals surface area (Å²) in [5, 5.41) is 6.93. The van der Waals surface area contributed by atoms with E-state index >= 15 is 8.78 Å². The number of nitrogens with one attached hydrogen (secondary N) is 1. The first-order valence-electron chi connectivity index (χ1n) is 8.56. The van der Waals surface area contributed by atoms with Crippen LogP contribution in [-0.2, 0) is 5.92 Å². The van der Waals surface area contributed by atoms with Gasteiger partial charge in [0.1, 0.15) is 11.6 Å². The van der Waals surface area contributed by atoms with Gasteiger partial charge in [0.15, 0.2) is 12.0 Å². The van der Waals surface area contributed by atoms with Crippen LogP contribution in [0.2, 0.25) is 0 Å². The molecule has 0 bridgehead atoms. The fourth-order valence-electron chi connectivity index (χ4n) is 3.17. The highest BCUT2D eigenvalue weighted by Crippen LogP contribution is 2.44. The zero-order valence-electron chi connectivity index (χ0n) is 15.2. The molecule has 1 atom stereocenters. The molecule has 8 heteroatoms. The van der Waals surface area contributed by atoms with Crippen LogP contribution in [0.3, 0.4) is 0 Å². The van der Waals surface area contributed by atoms with Gasteiger partial charge in [-0.25, -0.2) is 4.39 Å². The number of aromatic nitrogens is 2. The lowest BCUT2D eigenvalue weighted by molar-refractivity contribution is -0.0286. The Labute approximate surface area is 159 Å². The van der Waals surface area contributed by atoms with E-state index in [1.165, 1.54) is 18.2 Å². The number of H-pyrrole nitrogens is 1. The van der Waals surface area contributed by atoms with Gasteiger partial charge < -0.3 is 4.74 Å². The SMILES string of the molecule is COc1ccc2c(c1)N(c1cc(C)[nH]n1)C(C(F)(F)c1ccc(F)cc1)N=C2. The van der Waals surface area contributed by atoms with E-state index in [1.54, 1.807) is 31.2 Å². The second kappa shape index (κ2) is 6.70. The van der Waals surface area contributed by atoms with Gasteiger partial charge in [0, 0.05) is 35.2 Å². The molecule has 0 fully saturated rings. The number of aromatic amines is 1. The predicted octanol–water partition coefficient (Wildman–Crippen LogP) is 4.55. The number of methoxy groups -OCH3 is 1. The van der Waals surface area contributed by atoms with Crippen LogP contribution in [0.4, 0.5) is 24.7 Å². The molecular formula is C20H17F3N4O. The summed E-state index contributed by atoms with van der Waals surface area (Å²) < 4.78 is 49.4. The zero-order valence-corrected chi connectivity index (χ0v) is 15.2. The Hall–Kier alpha value is -3.29. The van der Waals surface area contributed by atoms with Crippen molar-refractivity contribution in [1.29, 1.82) is 0 Å². The maximum Gasteiger partial charge on any atom is 0.313 e. The van der Waals surface area contributed by atoms with Crippen LogP contribution in [0.15, 0.2) is 53.5 Å². The van der Waals surface area contributed by atoms with Crippen LogP contribution in [0.25, 0.3) is 0 Å². The summed E-state index contributed by atoms with van der Waals surface area (Å²) in [6.45, 7) is 1.78.